The van der Waals surface area contributed by atoms with E-state index in [1.807, 2.05) is 35.4 Å². The second-order valence-corrected chi connectivity index (χ2v) is 17.2. The van der Waals surface area contributed by atoms with Crippen LogP contribution in [0.15, 0.2) is 42.7 Å². The van der Waals surface area contributed by atoms with Crippen molar-refractivity contribution in [2.75, 3.05) is 42.9 Å². The van der Waals surface area contributed by atoms with Crippen LogP contribution >= 0.6 is 0 Å². The number of nitrogens with one attached hydrogen (secondary N) is 2. The standard InChI is InChI=1S/C44H55FN8O3/c1-26(2)24-46-42(55)33-22-37(35(45)18-28(33)5)49-41-40-38(47-25-52(40)27(3)4)23-36(48-41)30-10-11-34-39(19-30)53(32-20-31(21-32)51-14-8-7-9-15-51)43(56)44(34)12-16-50(17-13-44)29(6)54/h10-11,18-19,22-23,25-27,31-32H,7-9,12-17,20-21,24H2,1-6H3,(H,46,55)(H,48,49). The predicted octanol–water partition coefficient (Wildman–Crippen LogP) is 7.50. The molecule has 3 aliphatic heterocycles. The van der Waals surface area contributed by atoms with E-state index in [4.69, 9.17) is 9.97 Å². The molecule has 4 aromatic rings. The molecular formula is C44H55FN8O3. The summed E-state index contributed by atoms with van der Waals surface area (Å²) in [7, 11) is 0. The molecule has 5 heterocycles. The summed E-state index contributed by atoms with van der Waals surface area (Å²) in [5.74, 6) is 0.144. The van der Waals surface area contributed by atoms with Crippen molar-refractivity contribution in [2.24, 2.45) is 5.92 Å². The zero-order chi connectivity index (χ0) is 39.5. The SMILES string of the molecule is CC(=O)N1CCC2(CC1)C(=O)N(C1CC(N3CCCCC3)C1)c1cc(-c3cc4ncn(C(C)C)c4c(Nc4cc(C(=O)NCC(C)C)c(C)cc4F)n3)ccc12. The summed E-state index contributed by atoms with van der Waals surface area (Å²) >= 11 is 0. The van der Waals surface area contributed by atoms with Gasteiger partial charge < -0.3 is 29.9 Å². The van der Waals surface area contributed by atoms with Gasteiger partial charge in [-0.25, -0.2) is 14.4 Å². The van der Waals surface area contributed by atoms with Gasteiger partial charge in [0.1, 0.15) is 11.3 Å². The van der Waals surface area contributed by atoms with Crippen molar-refractivity contribution in [1.29, 1.82) is 0 Å². The second kappa shape index (κ2) is 14.9. The Hall–Kier alpha value is -4.84. The van der Waals surface area contributed by atoms with Crippen LogP contribution in [0.25, 0.3) is 22.3 Å². The van der Waals surface area contributed by atoms with E-state index in [0.29, 0.717) is 66.7 Å². The molecule has 1 aliphatic carbocycles. The third kappa shape index (κ3) is 6.73. The van der Waals surface area contributed by atoms with E-state index in [2.05, 4.69) is 46.4 Å². The second-order valence-electron chi connectivity index (χ2n) is 17.2. The summed E-state index contributed by atoms with van der Waals surface area (Å²) in [5.41, 5.74) is 5.26. The Labute approximate surface area is 329 Å². The van der Waals surface area contributed by atoms with Crippen molar-refractivity contribution in [2.45, 2.75) is 110 Å². The quantitative estimate of drug-likeness (QED) is 0.182. The maximum atomic E-state index is 15.7. The fourth-order valence-electron chi connectivity index (χ4n) is 9.37. The number of aromatic nitrogens is 3. The number of hydrogen-bond acceptors (Lipinski definition) is 7. The first-order chi connectivity index (χ1) is 26.8. The molecule has 0 bridgehead atoms. The lowest BCUT2D eigenvalue weighted by Gasteiger charge is -2.48. The molecule has 11 nitrogen and oxygen atoms in total. The number of nitrogens with zero attached hydrogens (tertiary/aromatic N) is 6. The topological polar surface area (TPSA) is 116 Å². The molecule has 2 saturated heterocycles. The molecule has 2 aromatic carbocycles. The van der Waals surface area contributed by atoms with Gasteiger partial charge in [0, 0.05) is 61.5 Å². The third-order valence-corrected chi connectivity index (χ3v) is 12.7. The first-order valence-corrected chi connectivity index (χ1v) is 20.6. The number of hydrogen-bond donors (Lipinski definition) is 2. The van der Waals surface area contributed by atoms with Crippen LogP contribution in [0.2, 0.25) is 0 Å². The lowest BCUT2D eigenvalue weighted by molar-refractivity contribution is -0.134. The average Bonchev–Trinajstić information content (AvgIpc) is 3.69. The van der Waals surface area contributed by atoms with E-state index in [1.54, 1.807) is 26.2 Å². The number of pyridine rings is 1. The van der Waals surface area contributed by atoms with E-state index in [1.165, 1.54) is 25.3 Å². The maximum absolute atomic E-state index is 15.7. The minimum absolute atomic E-state index is 0.0445. The number of aryl methyl sites for hydroxylation is 1. The zero-order valence-corrected chi connectivity index (χ0v) is 33.6. The molecule has 4 aliphatic rings. The summed E-state index contributed by atoms with van der Waals surface area (Å²) in [5, 5.41) is 6.22. The molecule has 1 saturated carbocycles. The summed E-state index contributed by atoms with van der Waals surface area (Å²) in [4.78, 5) is 56.7. The Bertz CT molecular complexity index is 2180. The molecule has 3 fully saturated rings. The molecule has 12 heteroatoms. The van der Waals surface area contributed by atoms with Gasteiger partial charge in [0.05, 0.1) is 28.6 Å². The van der Waals surface area contributed by atoms with Gasteiger partial charge in [-0.2, -0.15) is 0 Å². The molecule has 2 N–H and O–H groups in total. The number of piperidine rings is 2. The molecule has 56 heavy (non-hydrogen) atoms. The highest BCUT2D eigenvalue weighted by molar-refractivity contribution is 6.09. The molecule has 0 unspecified atom stereocenters. The van der Waals surface area contributed by atoms with Crippen LogP contribution in [-0.4, -0.2) is 86.9 Å². The Balaban J connectivity index is 1.18. The first kappa shape index (κ1) is 38.1. The van der Waals surface area contributed by atoms with Crippen LogP contribution in [-0.2, 0) is 15.0 Å². The van der Waals surface area contributed by atoms with Crippen molar-refractivity contribution < 1.29 is 18.8 Å². The Kier molecular flexibility index (Phi) is 10.1. The number of imidazole rings is 1. The van der Waals surface area contributed by atoms with E-state index < -0.39 is 11.2 Å². The smallest absolute Gasteiger partial charge is 0.251 e. The predicted molar refractivity (Wildman–Crippen MR) is 218 cm³/mol. The van der Waals surface area contributed by atoms with Crippen LogP contribution in [0.4, 0.5) is 21.6 Å². The maximum Gasteiger partial charge on any atom is 0.251 e. The monoisotopic (exact) mass is 762 g/mol. The van der Waals surface area contributed by atoms with Gasteiger partial charge in [-0.3, -0.25) is 14.4 Å². The zero-order valence-electron chi connectivity index (χ0n) is 33.6. The summed E-state index contributed by atoms with van der Waals surface area (Å²) < 4.78 is 17.7. The molecule has 0 radical (unpaired) electrons. The van der Waals surface area contributed by atoms with E-state index in [-0.39, 0.29) is 41.4 Å². The van der Waals surface area contributed by atoms with Crippen LogP contribution in [0.3, 0.4) is 0 Å². The van der Waals surface area contributed by atoms with Gasteiger partial charge in [-0.1, -0.05) is 32.4 Å². The average molecular weight is 763 g/mol. The highest BCUT2D eigenvalue weighted by atomic mass is 19.1. The first-order valence-electron chi connectivity index (χ1n) is 20.6. The van der Waals surface area contributed by atoms with Gasteiger partial charge in [-0.05, 0) is 114 Å². The lowest BCUT2D eigenvalue weighted by Crippen LogP contribution is -2.58. The molecule has 2 aromatic heterocycles. The molecule has 296 valence electrons. The number of carbonyl (C=O) groups excluding carboxylic acids is 3. The van der Waals surface area contributed by atoms with Crippen molar-refractivity contribution in [3.63, 3.8) is 0 Å². The van der Waals surface area contributed by atoms with Gasteiger partial charge in [0.25, 0.3) is 5.91 Å². The van der Waals surface area contributed by atoms with Crippen molar-refractivity contribution in [3.05, 3.63) is 65.2 Å². The number of benzene rings is 2. The van der Waals surface area contributed by atoms with Crippen LogP contribution in [0, 0.1) is 18.7 Å². The van der Waals surface area contributed by atoms with Crippen LogP contribution in [0.5, 0.6) is 0 Å². The summed E-state index contributed by atoms with van der Waals surface area (Å²) in [6.07, 6.45) is 8.64. The number of rotatable bonds is 9. The summed E-state index contributed by atoms with van der Waals surface area (Å²) in [6, 6.07) is 11.8. The third-order valence-electron chi connectivity index (χ3n) is 12.7. The number of carbonyl (C=O) groups is 3. The lowest BCUT2D eigenvalue weighted by atomic mass is 9.73. The van der Waals surface area contributed by atoms with E-state index in [9.17, 15) is 14.4 Å². The van der Waals surface area contributed by atoms with Crippen molar-refractivity contribution in [1.82, 2.24) is 29.7 Å². The highest BCUT2D eigenvalue weighted by Crippen LogP contribution is 2.52. The molecule has 3 amide bonds. The van der Waals surface area contributed by atoms with Gasteiger partial charge in [-0.15, -0.1) is 0 Å². The number of anilines is 3. The highest BCUT2D eigenvalue weighted by Gasteiger charge is 2.55. The van der Waals surface area contributed by atoms with Gasteiger partial charge in [0.2, 0.25) is 11.8 Å². The molecule has 1 spiro atoms. The fourth-order valence-corrected chi connectivity index (χ4v) is 9.37. The fraction of sp³-hybridized carbons (Fsp3) is 0.523. The van der Waals surface area contributed by atoms with E-state index >= 15 is 4.39 Å². The van der Waals surface area contributed by atoms with Crippen molar-refractivity contribution in [3.8, 4) is 11.3 Å². The summed E-state index contributed by atoms with van der Waals surface area (Å²) in [6.45, 7) is 15.4. The Morgan fingerprint density at radius 3 is 2.38 bits per heavy atom. The Morgan fingerprint density at radius 1 is 0.964 bits per heavy atom. The minimum Gasteiger partial charge on any atom is -0.352 e. The normalized spacial score (nSPS) is 20.9. The number of halogens is 1. The number of likely N-dealkylation sites (tertiary alicyclic amines) is 2. The molecule has 0 atom stereocenters. The number of amides is 3. The Morgan fingerprint density at radius 2 is 1.70 bits per heavy atom. The van der Waals surface area contributed by atoms with Crippen LogP contribution in [0.1, 0.15) is 107 Å². The van der Waals surface area contributed by atoms with Gasteiger partial charge in [0.15, 0.2) is 5.82 Å². The largest absolute Gasteiger partial charge is 0.352 e. The molecular weight excluding hydrogens is 708 g/mol. The van der Waals surface area contributed by atoms with Crippen molar-refractivity contribution >= 4 is 45.9 Å². The van der Waals surface area contributed by atoms with Crippen LogP contribution < -0.4 is 15.5 Å². The van der Waals surface area contributed by atoms with Gasteiger partial charge >= 0.3 is 0 Å². The number of fused-ring (bicyclic) bond motifs is 3. The molecule has 8 rings (SSSR count). The van der Waals surface area contributed by atoms with E-state index in [0.717, 1.165) is 48.3 Å². The minimum atomic E-state index is -0.668.